The highest BCUT2D eigenvalue weighted by atomic mass is 16.1. The molecule has 2 heterocycles. The number of hydrogen-bond donors (Lipinski definition) is 0. The molecule has 0 saturated heterocycles. The molecular formula is C11H14N4O. The van der Waals surface area contributed by atoms with Crippen LogP contribution in [0.3, 0.4) is 0 Å². The first kappa shape index (κ1) is 12.0. The van der Waals surface area contributed by atoms with Gasteiger partial charge < -0.3 is 9.13 Å². The van der Waals surface area contributed by atoms with Gasteiger partial charge in [-0.1, -0.05) is 13.8 Å². The fourth-order valence-electron chi connectivity index (χ4n) is 1.44. The van der Waals surface area contributed by atoms with Crippen LogP contribution in [0.1, 0.15) is 19.4 Å². The molecule has 0 aromatic carbocycles. The first-order chi connectivity index (χ1) is 7.65. The Morgan fingerprint density at radius 2 is 1.94 bits per heavy atom. The molecule has 0 saturated carbocycles. The predicted molar refractivity (Wildman–Crippen MR) is 62.0 cm³/mol. The van der Waals surface area contributed by atoms with Gasteiger partial charge in [-0.2, -0.15) is 5.26 Å². The molecule has 0 amide bonds. The molecule has 0 aliphatic rings. The molecule has 16 heavy (non-hydrogen) atoms. The van der Waals surface area contributed by atoms with Gasteiger partial charge in [-0.3, -0.25) is 4.79 Å². The van der Waals surface area contributed by atoms with Gasteiger partial charge in [0.2, 0.25) is 0 Å². The molecule has 84 valence electrons. The highest BCUT2D eigenvalue weighted by molar-refractivity contribution is 5.81. The average Bonchev–Trinajstić information content (AvgIpc) is 2.64. The number of aryl methyl sites for hydroxylation is 2. The maximum absolute atomic E-state index is 11.7. The molecule has 5 heteroatoms. The van der Waals surface area contributed by atoms with Gasteiger partial charge in [0, 0.05) is 20.3 Å². The van der Waals surface area contributed by atoms with Crippen LogP contribution in [0.25, 0.3) is 11.0 Å². The molecule has 0 bridgehead atoms. The summed E-state index contributed by atoms with van der Waals surface area (Å²) in [6, 6.07) is 2.01. The Morgan fingerprint density at radius 1 is 1.31 bits per heavy atom. The average molecular weight is 218 g/mol. The second kappa shape index (κ2) is 4.62. The Balaban J connectivity index is 0.000000606. The van der Waals surface area contributed by atoms with Crippen LogP contribution in [-0.2, 0) is 14.1 Å². The lowest BCUT2D eigenvalue weighted by atomic mass is 10.3. The number of nitriles is 1. The first-order valence-corrected chi connectivity index (χ1v) is 5.06. The van der Waals surface area contributed by atoms with Crippen molar-refractivity contribution < 1.29 is 0 Å². The second-order valence-electron chi connectivity index (χ2n) is 3.12. The standard InChI is InChI=1S/C9H8N4O.C2H6/c1-12-4-6(3-10)7-8(12)9(14)13(2)5-11-7;1-2/h4-5H,1-2H3;1-2H3. The topological polar surface area (TPSA) is 63.6 Å². The molecule has 0 fully saturated rings. The summed E-state index contributed by atoms with van der Waals surface area (Å²) >= 11 is 0. The van der Waals surface area contributed by atoms with Crippen molar-refractivity contribution in [2.45, 2.75) is 13.8 Å². The molecule has 2 aromatic rings. The van der Waals surface area contributed by atoms with Gasteiger partial charge in [0.15, 0.2) is 0 Å². The quantitative estimate of drug-likeness (QED) is 0.666. The molecule has 0 unspecified atom stereocenters. The Kier molecular flexibility index (Phi) is 3.46. The van der Waals surface area contributed by atoms with E-state index < -0.39 is 0 Å². The van der Waals surface area contributed by atoms with Crippen LogP contribution in [0.5, 0.6) is 0 Å². The minimum atomic E-state index is -0.140. The molecule has 0 radical (unpaired) electrons. The summed E-state index contributed by atoms with van der Waals surface area (Å²) < 4.78 is 3.02. The third kappa shape index (κ3) is 1.70. The van der Waals surface area contributed by atoms with Gasteiger partial charge in [0.05, 0.1) is 11.9 Å². The number of hydrogen-bond acceptors (Lipinski definition) is 3. The van der Waals surface area contributed by atoms with Crippen LogP contribution in [0.4, 0.5) is 0 Å². The zero-order valence-electron chi connectivity index (χ0n) is 9.85. The number of aromatic nitrogens is 3. The van der Waals surface area contributed by atoms with Crippen molar-refractivity contribution in [1.29, 1.82) is 5.26 Å². The highest BCUT2D eigenvalue weighted by Crippen LogP contribution is 2.12. The van der Waals surface area contributed by atoms with Crippen molar-refractivity contribution in [2.24, 2.45) is 14.1 Å². The summed E-state index contributed by atoms with van der Waals surface area (Å²) in [6.07, 6.45) is 3.03. The normalized spacial score (nSPS) is 9.44. The van der Waals surface area contributed by atoms with E-state index in [2.05, 4.69) is 4.98 Å². The van der Waals surface area contributed by atoms with Crippen molar-refractivity contribution in [3.8, 4) is 6.07 Å². The molecule has 0 aliphatic carbocycles. The molecular weight excluding hydrogens is 204 g/mol. The summed E-state index contributed by atoms with van der Waals surface area (Å²) in [5.74, 6) is 0. The van der Waals surface area contributed by atoms with E-state index >= 15 is 0 Å². The third-order valence-electron chi connectivity index (χ3n) is 2.16. The Hall–Kier alpha value is -2.09. The minimum Gasteiger partial charge on any atom is -0.343 e. The van der Waals surface area contributed by atoms with Crippen LogP contribution in [0.2, 0.25) is 0 Å². The minimum absolute atomic E-state index is 0.140. The predicted octanol–water partition coefficient (Wildman–Crippen LogP) is 1.17. The molecule has 0 atom stereocenters. The van der Waals surface area contributed by atoms with E-state index in [1.807, 2.05) is 19.9 Å². The number of rotatable bonds is 0. The van der Waals surface area contributed by atoms with E-state index in [0.717, 1.165) is 0 Å². The Labute approximate surface area is 93.6 Å². The summed E-state index contributed by atoms with van der Waals surface area (Å²) in [7, 11) is 3.36. The zero-order valence-corrected chi connectivity index (χ0v) is 9.85. The van der Waals surface area contributed by atoms with Crippen molar-refractivity contribution in [2.75, 3.05) is 0 Å². The van der Waals surface area contributed by atoms with Gasteiger partial charge in [-0.05, 0) is 0 Å². The maximum atomic E-state index is 11.7. The van der Waals surface area contributed by atoms with Crippen LogP contribution < -0.4 is 5.56 Å². The third-order valence-corrected chi connectivity index (χ3v) is 2.16. The lowest BCUT2D eigenvalue weighted by molar-refractivity contribution is 0.827. The second-order valence-corrected chi connectivity index (χ2v) is 3.12. The fraction of sp³-hybridized carbons (Fsp3) is 0.364. The van der Waals surface area contributed by atoms with E-state index in [1.54, 1.807) is 24.9 Å². The van der Waals surface area contributed by atoms with E-state index in [4.69, 9.17) is 5.26 Å². The van der Waals surface area contributed by atoms with Crippen LogP contribution in [-0.4, -0.2) is 14.1 Å². The monoisotopic (exact) mass is 218 g/mol. The Bertz CT molecular complexity index is 601. The molecule has 5 nitrogen and oxygen atoms in total. The van der Waals surface area contributed by atoms with Gasteiger partial charge in [-0.25, -0.2) is 4.98 Å². The molecule has 0 N–H and O–H groups in total. The number of fused-ring (bicyclic) bond motifs is 1. The largest absolute Gasteiger partial charge is 0.343 e. The molecule has 2 rings (SSSR count). The zero-order chi connectivity index (χ0) is 12.3. The van der Waals surface area contributed by atoms with E-state index in [-0.39, 0.29) is 5.56 Å². The first-order valence-electron chi connectivity index (χ1n) is 5.06. The van der Waals surface area contributed by atoms with Crippen LogP contribution >= 0.6 is 0 Å². The van der Waals surface area contributed by atoms with Crippen molar-refractivity contribution >= 4 is 11.0 Å². The van der Waals surface area contributed by atoms with Crippen molar-refractivity contribution in [3.63, 3.8) is 0 Å². The van der Waals surface area contributed by atoms with Crippen molar-refractivity contribution in [1.82, 2.24) is 14.1 Å². The highest BCUT2D eigenvalue weighted by Gasteiger charge is 2.11. The van der Waals surface area contributed by atoms with E-state index in [9.17, 15) is 4.79 Å². The lowest BCUT2D eigenvalue weighted by Gasteiger charge is -1.97. The SMILES string of the molecule is CC.Cn1cnc2c(C#N)cn(C)c2c1=O. The summed E-state index contributed by atoms with van der Waals surface area (Å²) in [5, 5.41) is 8.80. The molecule has 2 aromatic heterocycles. The van der Waals surface area contributed by atoms with Gasteiger partial charge in [0.25, 0.3) is 5.56 Å². The lowest BCUT2D eigenvalue weighted by Crippen LogP contribution is -2.18. The van der Waals surface area contributed by atoms with Crippen molar-refractivity contribution in [3.05, 3.63) is 28.4 Å². The maximum Gasteiger partial charge on any atom is 0.277 e. The van der Waals surface area contributed by atoms with Gasteiger partial charge >= 0.3 is 0 Å². The fourth-order valence-corrected chi connectivity index (χ4v) is 1.44. The number of nitrogens with zero attached hydrogens (tertiary/aromatic N) is 4. The van der Waals surface area contributed by atoms with E-state index in [0.29, 0.717) is 16.6 Å². The van der Waals surface area contributed by atoms with E-state index in [1.165, 1.54) is 10.9 Å². The Morgan fingerprint density at radius 3 is 2.50 bits per heavy atom. The molecule has 0 aliphatic heterocycles. The van der Waals surface area contributed by atoms with Crippen LogP contribution in [0, 0.1) is 11.3 Å². The summed E-state index contributed by atoms with van der Waals surface area (Å²) in [6.45, 7) is 4.00. The summed E-state index contributed by atoms with van der Waals surface area (Å²) in [4.78, 5) is 15.7. The van der Waals surface area contributed by atoms with Crippen LogP contribution in [0.15, 0.2) is 17.3 Å². The summed E-state index contributed by atoms with van der Waals surface area (Å²) in [5.41, 5.74) is 1.23. The molecule has 0 spiro atoms. The van der Waals surface area contributed by atoms with Gasteiger partial charge in [-0.15, -0.1) is 0 Å². The smallest absolute Gasteiger partial charge is 0.277 e. The van der Waals surface area contributed by atoms with Gasteiger partial charge in [0.1, 0.15) is 17.1 Å².